The third kappa shape index (κ3) is 4.61. The highest BCUT2D eigenvalue weighted by atomic mass is 16.2. The van der Waals surface area contributed by atoms with Crippen molar-refractivity contribution in [2.45, 2.75) is 52.4 Å². The second-order valence-electron chi connectivity index (χ2n) is 7.15. The summed E-state index contributed by atoms with van der Waals surface area (Å²) in [6, 6.07) is 2.13. The molecule has 3 heterocycles. The van der Waals surface area contributed by atoms with Crippen LogP contribution in [-0.2, 0) is 4.79 Å². The number of carbonyl (C=O) groups excluding carboxylic acids is 1. The molecule has 0 bridgehead atoms. The maximum absolute atomic E-state index is 12.2. The van der Waals surface area contributed by atoms with E-state index in [2.05, 4.69) is 32.8 Å². The van der Waals surface area contributed by atoms with E-state index in [1.54, 1.807) is 0 Å². The lowest BCUT2D eigenvalue weighted by atomic mass is 10.1. The second-order valence-corrected chi connectivity index (χ2v) is 7.15. The molecule has 0 saturated carbocycles. The zero-order chi connectivity index (χ0) is 17.6. The van der Waals surface area contributed by atoms with E-state index >= 15 is 0 Å². The number of aryl methyl sites for hydroxylation is 1. The first-order valence-corrected chi connectivity index (χ1v) is 9.80. The topological polar surface area (TPSA) is 52.6 Å². The van der Waals surface area contributed by atoms with Crippen LogP contribution in [0, 0.1) is 6.92 Å². The van der Waals surface area contributed by atoms with Crippen molar-refractivity contribution in [1.82, 2.24) is 14.9 Å². The Labute approximate surface area is 151 Å². The summed E-state index contributed by atoms with van der Waals surface area (Å²) in [5.74, 6) is 3.20. The van der Waals surface area contributed by atoms with Crippen LogP contribution in [0.2, 0.25) is 0 Å². The van der Waals surface area contributed by atoms with Gasteiger partial charge in [0.1, 0.15) is 17.5 Å². The fraction of sp³-hybridized carbons (Fsp3) is 0.737. The van der Waals surface area contributed by atoms with Crippen molar-refractivity contribution in [2.24, 2.45) is 0 Å². The molecule has 1 aromatic heterocycles. The molecule has 1 amide bonds. The molecule has 3 rings (SSSR count). The molecular formula is C19H31N5O. The highest BCUT2D eigenvalue weighted by Crippen LogP contribution is 2.23. The Morgan fingerprint density at radius 2 is 1.56 bits per heavy atom. The van der Waals surface area contributed by atoms with E-state index in [1.807, 2.05) is 11.8 Å². The third-order valence-corrected chi connectivity index (χ3v) is 5.19. The molecule has 2 aliphatic rings. The molecule has 1 aromatic rings. The molecule has 138 valence electrons. The van der Waals surface area contributed by atoms with Gasteiger partial charge in [-0.05, 0) is 32.6 Å². The largest absolute Gasteiger partial charge is 0.356 e. The summed E-state index contributed by atoms with van der Waals surface area (Å²) >= 11 is 0. The van der Waals surface area contributed by atoms with Gasteiger partial charge in [-0.25, -0.2) is 9.97 Å². The summed E-state index contributed by atoms with van der Waals surface area (Å²) in [5, 5.41) is 0. The Bertz CT molecular complexity index is 577. The van der Waals surface area contributed by atoms with Crippen LogP contribution in [-0.4, -0.2) is 60.0 Å². The minimum absolute atomic E-state index is 0.300. The van der Waals surface area contributed by atoms with Crippen molar-refractivity contribution >= 4 is 17.5 Å². The highest BCUT2D eigenvalue weighted by Gasteiger charge is 2.23. The van der Waals surface area contributed by atoms with Crippen molar-refractivity contribution in [1.29, 1.82) is 0 Å². The van der Waals surface area contributed by atoms with Crippen LogP contribution < -0.4 is 9.80 Å². The molecule has 0 N–H and O–H groups in total. The van der Waals surface area contributed by atoms with E-state index in [0.717, 1.165) is 69.6 Å². The van der Waals surface area contributed by atoms with E-state index in [1.165, 1.54) is 19.3 Å². The summed E-state index contributed by atoms with van der Waals surface area (Å²) < 4.78 is 0. The van der Waals surface area contributed by atoms with Gasteiger partial charge < -0.3 is 14.7 Å². The van der Waals surface area contributed by atoms with Gasteiger partial charge in [0.25, 0.3) is 0 Å². The van der Waals surface area contributed by atoms with E-state index in [-0.39, 0.29) is 0 Å². The summed E-state index contributed by atoms with van der Waals surface area (Å²) in [6.07, 6.45) is 6.56. The Balaban J connectivity index is 1.63. The quantitative estimate of drug-likeness (QED) is 0.821. The number of rotatable bonds is 5. The number of amides is 1. The smallest absolute Gasteiger partial charge is 0.222 e. The highest BCUT2D eigenvalue weighted by molar-refractivity contribution is 5.76. The van der Waals surface area contributed by atoms with E-state index < -0.39 is 0 Å². The summed E-state index contributed by atoms with van der Waals surface area (Å²) in [6.45, 7) is 9.59. The predicted molar refractivity (Wildman–Crippen MR) is 101 cm³/mol. The SMILES string of the molecule is CCCCC(=O)N1CCN(c2cc(N3CCCCC3)nc(C)n2)CC1. The fourth-order valence-corrected chi connectivity index (χ4v) is 3.65. The Morgan fingerprint density at radius 3 is 2.16 bits per heavy atom. The van der Waals surface area contributed by atoms with Gasteiger partial charge in [-0.3, -0.25) is 4.79 Å². The standard InChI is InChI=1S/C19H31N5O/c1-3-4-8-19(25)24-13-11-23(12-14-24)18-15-17(20-16(2)21-18)22-9-6-5-7-10-22/h15H,3-14H2,1-2H3. The van der Waals surface area contributed by atoms with Gasteiger partial charge in [0.2, 0.25) is 5.91 Å². The Hall–Kier alpha value is -1.85. The molecular weight excluding hydrogens is 314 g/mol. The van der Waals surface area contributed by atoms with Gasteiger partial charge in [0, 0.05) is 51.8 Å². The first kappa shape index (κ1) is 18.0. The van der Waals surface area contributed by atoms with Crippen LogP contribution in [0.5, 0.6) is 0 Å². The molecule has 0 atom stereocenters. The van der Waals surface area contributed by atoms with E-state index in [4.69, 9.17) is 0 Å². The zero-order valence-electron chi connectivity index (χ0n) is 15.7. The van der Waals surface area contributed by atoms with Crippen LogP contribution in [0.25, 0.3) is 0 Å². The van der Waals surface area contributed by atoms with Crippen LogP contribution in [0.4, 0.5) is 11.6 Å². The van der Waals surface area contributed by atoms with Crippen molar-refractivity contribution in [3.05, 3.63) is 11.9 Å². The molecule has 0 aliphatic carbocycles. The van der Waals surface area contributed by atoms with Gasteiger partial charge in [0.15, 0.2) is 0 Å². The van der Waals surface area contributed by atoms with Crippen molar-refractivity contribution in [3.8, 4) is 0 Å². The molecule has 0 radical (unpaired) electrons. The normalized spacial score (nSPS) is 18.6. The average Bonchev–Trinajstić information content (AvgIpc) is 2.66. The Kier molecular flexibility index (Phi) is 6.10. The summed E-state index contributed by atoms with van der Waals surface area (Å²) in [5.41, 5.74) is 0. The second kappa shape index (κ2) is 8.50. The lowest BCUT2D eigenvalue weighted by molar-refractivity contribution is -0.131. The maximum atomic E-state index is 12.2. The minimum Gasteiger partial charge on any atom is -0.356 e. The van der Waals surface area contributed by atoms with Gasteiger partial charge in [-0.15, -0.1) is 0 Å². The number of piperidine rings is 1. The number of piperazine rings is 1. The minimum atomic E-state index is 0.300. The number of hydrogen-bond acceptors (Lipinski definition) is 5. The van der Waals surface area contributed by atoms with Gasteiger partial charge in [-0.1, -0.05) is 13.3 Å². The Morgan fingerprint density at radius 1 is 0.960 bits per heavy atom. The number of nitrogens with zero attached hydrogens (tertiary/aromatic N) is 5. The number of hydrogen-bond donors (Lipinski definition) is 0. The van der Waals surface area contributed by atoms with Crippen LogP contribution >= 0.6 is 0 Å². The van der Waals surface area contributed by atoms with Crippen LogP contribution in [0.1, 0.15) is 51.3 Å². The van der Waals surface area contributed by atoms with Crippen molar-refractivity contribution < 1.29 is 4.79 Å². The lowest BCUT2D eigenvalue weighted by Gasteiger charge is -2.36. The van der Waals surface area contributed by atoms with Crippen molar-refractivity contribution in [3.63, 3.8) is 0 Å². The van der Waals surface area contributed by atoms with E-state index in [9.17, 15) is 4.79 Å². The number of aromatic nitrogens is 2. The van der Waals surface area contributed by atoms with Gasteiger partial charge >= 0.3 is 0 Å². The molecule has 25 heavy (non-hydrogen) atoms. The molecule has 6 nitrogen and oxygen atoms in total. The molecule has 2 fully saturated rings. The van der Waals surface area contributed by atoms with Crippen LogP contribution in [0.3, 0.4) is 0 Å². The predicted octanol–water partition coefficient (Wildman–Crippen LogP) is 2.61. The molecule has 2 aliphatic heterocycles. The number of unbranched alkanes of at least 4 members (excludes halogenated alkanes) is 1. The molecule has 2 saturated heterocycles. The maximum Gasteiger partial charge on any atom is 0.222 e. The summed E-state index contributed by atoms with van der Waals surface area (Å²) in [7, 11) is 0. The fourth-order valence-electron chi connectivity index (χ4n) is 3.65. The molecule has 6 heteroatoms. The van der Waals surface area contributed by atoms with Crippen molar-refractivity contribution in [2.75, 3.05) is 49.1 Å². The monoisotopic (exact) mass is 345 g/mol. The zero-order valence-corrected chi connectivity index (χ0v) is 15.7. The molecule has 0 spiro atoms. The third-order valence-electron chi connectivity index (χ3n) is 5.19. The number of carbonyl (C=O) groups is 1. The number of anilines is 2. The first-order valence-electron chi connectivity index (χ1n) is 9.80. The average molecular weight is 345 g/mol. The molecule has 0 aromatic carbocycles. The van der Waals surface area contributed by atoms with Gasteiger partial charge in [-0.2, -0.15) is 0 Å². The first-order chi connectivity index (χ1) is 12.2. The molecule has 0 unspecified atom stereocenters. The lowest BCUT2D eigenvalue weighted by Crippen LogP contribution is -2.49. The van der Waals surface area contributed by atoms with Gasteiger partial charge in [0.05, 0.1) is 0 Å². The van der Waals surface area contributed by atoms with Crippen LogP contribution in [0.15, 0.2) is 6.07 Å². The summed E-state index contributed by atoms with van der Waals surface area (Å²) in [4.78, 5) is 28.2. The van der Waals surface area contributed by atoms with E-state index in [0.29, 0.717) is 12.3 Å².